The molecule has 5 N–H and O–H groups in total. The van der Waals surface area contributed by atoms with Gasteiger partial charge >= 0.3 is 12.4 Å². The van der Waals surface area contributed by atoms with Gasteiger partial charge < -0.3 is 26.0 Å². The van der Waals surface area contributed by atoms with Crippen molar-refractivity contribution in [3.8, 4) is 0 Å². The number of ether oxygens (including phenoxy) is 1. The zero-order chi connectivity index (χ0) is 36.6. The smallest absolute Gasteiger partial charge is 0.398 e. The first-order chi connectivity index (χ1) is 22.2. The van der Waals surface area contributed by atoms with Crippen molar-refractivity contribution in [2.75, 3.05) is 11.1 Å². The van der Waals surface area contributed by atoms with Crippen molar-refractivity contribution >= 4 is 11.4 Å². The number of epoxide rings is 1. The molecule has 1 aliphatic heterocycles. The lowest BCUT2D eigenvalue weighted by Crippen LogP contribution is -2.41. The molecule has 1 heterocycles. The summed E-state index contributed by atoms with van der Waals surface area (Å²) in [6.07, 6.45) is -7.04. The minimum atomic E-state index is -5.63. The van der Waals surface area contributed by atoms with Crippen LogP contribution in [0.2, 0.25) is 0 Å². The summed E-state index contributed by atoms with van der Waals surface area (Å²) in [5, 5.41) is 21.2. The van der Waals surface area contributed by atoms with E-state index < -0.39 is 18.5 Å². The zero-order valence-corrected chi connectivity index (χ0v) is 29.6. The summed E-state index contributed by atoms with van der Waals surface area (Å²) >= 11 is 0. The number of nitrogens with two attached hydrogens (primary N) is 1. The van der Waals surface area contributed by atoms with Gasteiger partial charge in [0, 0.05) is 12.8 Å². The van der Waals surface area contributed by atoms with Crippen LogP contribution in [0.1, 0.15) is 156 Å². The fourth-order valence-corrected chi connectivity index (χ4v) is 6.01. The molecule has 0 spiro atoms. The highest BCUT2D eigenvalue weighted by atomic mass is 19.4. The number of nitrogen functional groups attached to an aromatic ring is 1. The lowest BCUT2D eigenvalue weighted by Gasteiger charge is -2.25. The maximum atomic E-state index is 11.0. The van der Waals surface area contributed by atoms with Crippen molar-refractivity contribution in [2.24, 2.45) is 0 Å². The van der Waals surface area contributed by atoms with Crippen LogP contribution in [-0.2, 0) is 4.74 Å². The highest BCUT2D eigenvalue weighted by Gasteiger charge is 2.55. The monoisotopic (exact) mass is 724 g/mol. The molecule has 2 saturated carbocycles. The molecule has 2 aliphatic carbocycles. The van der Waals surface area contributed by atoms with E-state index in [4.69, 9.17) is 15.6 Å². The highest BCUT2D eigenvalue weighted by molar-refractivity contribution is 5.61. The Bertz CT molecular complexity index is 1200. The first kappa shape index (κ1) is 47.5. The van der Waals surface area contributed by atoms with E-state index in [9.17, 15) is 31.4 Å². The number of hydrogen-bond acceptors (Lipinski definition) is 5. The minimum absolute atomic E-state index is 0. The molecular weight excluding hydrogens is 658 g/mol. The van der Waals surface area contributed by atoms with Gasteiger partial charge in [0.1, 0.15) is 0 Å². The van der Waals surface area contributed by atoms with Crippen molar-refractivity contribution < 1.29 is 42.7 Å². The number of halogens is 6. The number of hydrogen-bond donors (Lipinski definition) is 4. The molecule has 3 fully saturated rings. The van der Waals surface area contributed by atoms with E-state index in [2.05, 4.69) is 97.1 Å². The third-order valence-electron chi connectivity index (χ3n) is 8.88. The number of rotatable bonds is 6. The predicted molar refractivity (Wildman–Crippen MR) is 197 cm³/mol. The fourth-order valence-electron chi connectivity index (χ4n) is 6.01. The van der Waals surface area contributed by atoms with Gasteiger partial charge in [-0.2, -0.15) is 26.3 Å². The maximum absolute atomic E-state index is 11.0. The maximum Gasteiger partial charge on any atom is 0.423 e. The molecule has 0 amide bonds. The highest BCUT2D eigenvalue weighted by Crippen LogP contribution is 2.38. The number of benzene rings is 2. The number of nitrogens with one attached hydrogen (secondary N) is 1. The summed E-state index contributed by atoms with van der Waals surface area (Å²) in [4.78, 5) is 0. The van der Waals surface area contributed by atoms with Crippen LogP contribution >= 0.6 is 0 Å². The summed E-state index contributed by atoms with van der Waals surface area (Å²) in [5.74, 6) is 2.02. The average molecular weight is 725 g/mol. The number of alkyl halides is 6. The molecule has 0 aromatic heterocycles. The normalized spacial score (nSPS) is 20.9. The Balaban J connectivity index is 0. The van der Waals surface area contributed by atoms with E-state index in [1.165, 1.54) is 47.2 Å². The van der Waals surface area contributed by atoms with Crippen molar-refractivity contribution in [1.82, 2.24) is 0 Å². The third-order valence-corrected chi connectivity index (χ3v) is 8.88. The molecule has 4 atom stereocenters. The number of para-hydroxylation sites is 2. The van der Waals surface area contributed by atoms with Crippen LogP contribution in [0.5, 0.6) is 0 Å². The van der Waals surface area contributed by atoms with Crippen LogP contribution in [0.4, 0.5) is 37.7 Å². The van der Waals surface area contributed by atoms with Crippen LogP contribution < -0.4 is 11.1 Å². The minimum Gasteiger partial charge on any atom is -0.398 e. The Morgan fingerprint density at radius 3 is 1.28 bits per heavy atom. The van der Waals surface area contributed by atoms with Crippen molar-refractivity contribution in [3.63, 3.8) is 0 Å². The first-order valence-electron chi connectivity index (χ1n) is 17.1. The molecule has 1 saturated heterocycles. The Morgan fingerprint density at radius 1 is 0.680 bits per heavy atom. The van der Waals surface area contributed by atoms with Crippen molar-refractivity contribution in [3.05, 3.63) is 58.7 Å². The second kappa shape index (κ2) is 20.5. The second-order valence-electron chi connectivity index (χ2n) is 14.2. The van der Waals surface area contributed by atoms with Gasteiger partial charge in [0.05, 0.1) is 24.4 Å². The Hall–Kier alpha value is -2.50. The zero-order valence-electron chi connectivity index (χ0n) is 29.6. The molecule has 0 radical (unpaired) electrons. The van der Waals surface area contributed by atoms with Gasteiger partial charge in [-0.3, -0.25) is 0 Å². The van der Waals surface area contributed by atoms with E-state index in [1.807, 2.05) is 0 Å². The lowest BCUT2D eigenvalue weighted by molar-refractivity contribution is -0.308. The lowest BCUT2D eigenvalue weighted by atomic mass is 9.92. The topological polar surface area (TPSA) is 91.0 Å². The Labute approximate surface area is 298 Å². The Kier molecular flexibility index (Phi) is 19.5. The Morgan fingerprint density at radius 2 is 1.04 bits per heavy atom. The molecule has 5 rings (SSSR count). The van der Waals surface area contributed by atoms with Crippen LogP contribution in [0.15, 0.2) is 36.4 Å². The molecule has 2 aromatic carbocycles. The number of fused-ring (bicyclic) bond motifs is 1. The van der Waals surface area contributed by atoms with Gasteiger partial charge in [-0.15, -0.1) is 0 Å². The molecular formula is C39H66F6N2O3. The summed E-state index contributed by atoms with van der Waals surface area (Å²) in [7, 11) is 0. The molecule has 2 aromatic rings. The molecule has 3 aliphatic rings. The van der Waals surface area contributed by atoms with Crippen LogP contribution in [0.3, 0.4) is 0 Å². The largest absolute Gasteiger partial charge is 0.423 e. The van der Waals surface area contributed by atoms with Crippen LogP contribution in [-0.4, -0.2) is 53.0 Å². The van der Waals surface area contributed by atoms with Gasteiger partial charge in [-0.05, 0) is 84.5 Å². The third kappa shape index (κ3) is 14.3. The molecule has 5 nitrogen and oxygen atoms in total. The van der Waals surface area contributed by atoms with Gasteiger partial charge in [-0.1, -0.05) is 107 Å². The fraction of sp³-hybridized carbons (Fsp3) is 0.692. The number of aliphatic hydroxyl groups excluding tert-OH is 2. The van der Waals surface area contributed by atoms with Gasteiger partial charge in [-0.25, -0.2) is 0 Å². The van der Waals surface area contributed by atoms with E-state index in [-0.39, 0.29) is 28.4 Å². The van der Waals surface area contributed by atoms with Gasteiger partial charge in [0.25, 0.3) is 0 Å². The van der Waals surface area contributed by atoms with Gasteiger partial charge in [0.2, 0.25) is 6.10 Å². The second-order valence-corrected chi connectivity index (χ2v) is 14.2. The van der Waals surface area contributed by atoms with E-state index in [0.717, 1.165) is 24.9 Å². The average Bonchev–Trinajstić information content (AvgIpc) is 3.36. The summed E-state index contributed by atoms with van der Waals surface area (Å²) in [6, 6.07) is 13.1. The van der Waals surface area contributed by atoms with E-state index in [0.29, 0.717) is 35.9 Å². The summed E-state index contributed by atoms with van der Waals surface area (Å²) in [6.45, 7) is 17.6. The first-order valence-corrected chi connectivity index (χ1v) is 17.1. The molecule has 11 heteroatoms. The van der Waals surface area contributed by atoms with Gasteiger partial charge in [0.15, 0.2) is 0 Å². The number of anilines is 2. The molecule has 0 bridgehead atoms. The standard InChI is InChI=1S/C17H27NO.C12H19N.C5H8O.C3H2F6O.2CH4.H2/c1-11(2)13-7-5-8-14(12(3)4)17(13)18-15-9-6-10-16(15)19;1-8(2)10-6-5-7-11(9(3)4)12(10)13;1-2-4-5(3-1)6-4;4-2(5,6)1(10)3(7,8)9;;;/h5,7-8,11-12,15-16,18-19H,6,9-10H2,1-4H3;5-9H,13H2,1-4H3;4-5H,1-3H2;1,10H;2*1H4;1H/t15-,16-;;;;;;/m0....../s1. The number of aliphatic hydroxyl groups is 2. The summed E-state index contributed by atoms with van der Waals surface area (Å²) < 4.78 is 71.0. The van der Waals surface area contributed by atoms with Crippen molar-refractivity contribution in [2.45, 2.75) is 175 Å². The summed E-state index contributed by atoms with van der Waals surface area (Å²) in [5.41, 5.74) is 13.6. The molecule has 50 heavy (non-hydrogen) atoms. The van der Waals surface area contributed by atoms with Crippen molar-refractivity contribution in [1.29, 1.82) is 0 Å². The van der Waals surface area contributed by atoms with E-state index in [1.54, 1.807) is 0 Å². The van der Waals surface area contributed by atoms with Crippen LogP contribution in [0.25, 0.3) is 0 Å². The SMILES string of the molecule is C.C.C1CC2OC2C1.CC(C)c1cccc(C(C)C)c1N.CC(C)c1cccc(C(C)C)c1N[C@H]1CCC[C@@H]1O.OC(C(F)(F)F)C(F)(F)F.[HH]. The quantitative estimate of drug-likeness (QED) is 0.135. The van der Waals surface area contributed by atoms with Crippen LogP contribution in [0, 0.1) is 0 Å². The molecule has 292 valence electrons. The molecule has 2 unspecified atom stereocenters. The van der Waals surface area contributed by atoms with E-state index >= 15 is 0 Å². The predicted octanol–water partition coefficient (Wildman–Crippen LogP) is 11.7.